The molecule has 0 aliphatic carbocycles. The van der Waals surface area contributed by atoms with Crippen LogP contribution < -0.4 is 0 Å². The first-order chi connectivity index (χ1) is 13.3. The molecular weight excluding hydrogens is 514 g/mol. The largest absolute Gasteiger partial charge is 0.361 e. The fourth-order valence-corrected chi connectivity index (χ4v) is 4.86. The maximum atomic E-state index is 14.8. The summed E-state index contributed by atoms with van der Waals surface area (Å²) >= 11 is 8.17. The van der Waals surface area contributed by atoms with E-state index >= 15 is 0 Å². The molecule has 0 saturated carbocycles. The summed E-state index contributed by atoms with van der Waals surface area (Å²) in [6.45, 7) is 8.87. The molecule has 2 aromatic rings. The van der Waals surface area contributed by atoms with Gasteiger partial charge in [0.2, 0.25) is 0 Å². The van der Waals surface area contributed by atoms with Crippen molar-refractivity contribution < 1.29 is 18.6 Å². The second-order valence-corrected chi connectivity index (χ2v) is 15.3. The van der Waals surface area contributed by atoms with Gasteiger partial charge in [-0.05, 0) is 47.9 Å². The van der Waals surface area contributed by atoms with Crippen LogP contribution in [0.3, 0.4) is 0 Å². The van der Waals surface area contributed by atoms with Crippen LogP contribution in [-0.2, 0) is 27.5 Å². The molecule has 5 nitrogen and oxygen atoms in total. The van der Waals surface area contributed by atoms with Crippen molar-refractivity contribution in [1.29, 1.82) is 0 Å². The Kier molecular flexibility index (Phi) is 7.77. The highest BCUT2D eigenvalue weighted by Crippen LogP contribution is 2.32. The van der Waals surface area contributed by atoms with Crippen molar-refractivity contribution in [3.05, 3.63) is 26.4 Å². The number of aromatic nitrogens is 2. The summed E-state index contributed by atoms with van der Waals surface area (Å²) in [4.78, 5) is 3.97. The lowest BCUT2D eigenvalue weighted by Gasteiger charge is -2.23. The van der Waals surface area contributed by atoms with Gasteiger partial charge in [0.1, 0.15) is 6.73 Å². The van der Waals surface area contributed by atoms with Gasteiger partial charge in [0.05, 0.1) is 17.8 Å². The number of hydrogen-bond acceptors (Lipinski definition) is 4. The lowest BCUT2D eigenvalue weighted by molar-refractivity contribution is -0.170. The van der Waals surface area contributed by atoms with Crippen molar-refractivity contribution in [1.82, 2.24) is 9.55 Å². The number of hydrogen-bond donors (Lipinski definition) is 0. The average Bonchev–Trinajstić information content (AvgIpc) is 2.92. The molecule has 1 unspecified atom stereocenters. The molecule has 156 valence electrons. The van der Waals surface area contributed by atoms with Crippen LogP contribution in [0.1, 0.15) is 25.0 Å². The van der Waals surface area contributed by atoms with Crippen molar-refractivity contribution in [2.75, 3.05) is 13.2 Å². The van der Waals surface area contributed by atoms with E-state index in [4.69, 9.17) is 25.8 Å². The molecule has 2 aromatic heterocycles. The highest BCUT2D eigenvalue weighted by atomic mass is 127. The van der Waals surface area contributed by atoms with Gasteiger partial charge < -0.3 is 18.8 Å². The van der Waals surface area contributed by atoms with Crippen molar-refractivity contribution in [2.45, 2.75) is 64.6 Å². The van der Waals surface area contributed by atoms with Crippen LogP contribution >= 0.6 is 34.2 Å². The molecule has 0 aromatic carbocycles. The SMILES string of the molecule is C[Si](C)(C)CCOCn1c(COC2CCCCO2)c(I)c2cnc(Cl)c(F)c21. The number of pyridine rings is 1. The quantitative estimate of drug-likeness (QED) is 0.184. The summed E-state index contributed by atoms with van der Waals surface area (Å²) in [7, 11) is -1.20. The lowest BCUT2D eigenvalue weighted by atomic mass is 10.2. The molecule has 1 saturated heterocycles. The normalized spacial score (nSPS) is 18.1. The third-order valence-corrected chi connectivity index (χ3v) is 7.97. The predicted molar refractivity (Wildman–Crippen MR) is 120 cm³/mol. The standard InChI is InChI=1S/C19H27ClFIN2O3Si/c1-28(2,3)9-8-25-12-24-14(11-27-15-6-4-5-7-26-15)17(22)13-10-23-19(20)16(21)18(13)24/h10,15H,4-9,11-12H2,1-3H3. The van der Waals surface area contributed by atoms with E-state index < -0.39 is 13.9 Å². The molecule has 1 atom stereocenters. The lowest BCUT2D eigenvalue weighted by Crippen LogP contribution is -2.23. The Labute approximate surface area is 185 Å². The molecule has 28 heavy (non-hydrogen) atoms. The molecule has 1 aliphatic heterocycles. The van der Waals surface area contributed by atoms with E-state index in [1.807, 2.05) is 4.57 Å². The van der Waals surface area contributed by atoms with Gasteiger partial charge in [0, 0.05) is 36.4 Å². The minimum absolute atomic E-state index is 0.132. The second-order valence-electron chi connectivity index (χ2n) is 8.27. The molecule has 0 amide bonds. The third-order valence-electron chi connectivity index (χ3n) is 4.80. The molecule has 9 heteroatoms. The van der Waals surface area contributed by atoms with Crippen LogP contribution in [0.5, 0.6) is 0 Å². The molecule has 3 rings (SSSR count). The zero-order valence-corrected chi connectivity index (χ0v) is 20.5. The first-order valence-electron chi connectivity index (χ1n) is 9.59. The molecule has 0 radical (unpaired) electrons. The van der Waals surface area contributed by atoms with E-state index in [1.54, 1.807) is 6.20 Å². The van der Waals surface area contributed by atoms with Crippen molar-refractivity contribution in [3.8, 4) is 0 Å². The first-order valence-corrected chi connectivity index (χ1v) is 14.8. The topological polar surface area (TPSA) is 45.5 Å². The minimum atomic E-state index is -1.20. The fourth-order valence-electron chi connectivity index (χ4n) is 3.12. The number of rotatable bonds is 8. The zero-order valence-electron chi connectivity index (χ0n) is 16.6. The van der Waals surface area contributed by atoms with E-state index in [-0.39, 0.29) is 18.2 Å². The van der Waals surface area contributed by atoms with Gasteiger partial charge in [0.25, 0.3) is 0 Å². The van der Waals surface area contributed by atoms with Gasteiger partial charge in [-0.3, -0.25) is 0 Å². The van der Waals surface area contributed by atoms with Gasteiger partial charge >= 0.3 is 0 Å². The zero-order chi connectivity index (χ0) is 20.3. The first kappa shape index (κ1) is 22.4. The summed E-state index contributed by atoms with van der Waals surface area (Å²) in [6, 6.07) is 1.05. The Balaban J connectivity index is 1.84. The smallest absolute Gasteiger partial charge is 0.184 e. The summed E-state index contributed by atoms with van der Waals surface area (Å²) in [5.74, 6) is -0.522. The molecule has 0 spiro atoms. The molecule has 1 fully saturated rings. The minimum Gasteiger partial charge on any atom is -0.361 e. The summed E-state index contributed by atoms with van der Waals surface area (Å²) in [6.07, 6.45) is 4.44. The molecule has 0 N–H and O–H groups in total. The van der Waals surface area contributed by atoms with Crippen LogP contribution in [0.4, 0.5) is 4.39 Å². The van der Waals surface area contributed by atoms with Gasteiger partial charge in [-0.15, -0.1) is 0 Å². The van der Waals surface area contributed by atoms with Gasteiger partial charge in [-0.2, -0.15) is 0 Å². The summed E-state index contributed by atoms with van der Waals surface area (Å²) in [5.41, 5.74) is 1.28. The van der Waals surface area contributed by atoms with Crippen LogP contribution in [0, 0.1) is 9.39 Å². The monoisotopic (exact) mass is 540 g/mol. The highest BCUT2D eigenvalue weighted by molar-refractivity contribution is 14.1. The van der Waals surface area contributed by atoms with Gasteiger partial charge in [0.15, 0.2) is 17.3 Å². The Morgan fingerprint density at radius 3 is 2.86 bits per heavy atom. The molecule has 1 aliphatic rings. The van der Waals surface area contributed by atoms with E-state index in [1.165, 1.54) is 0 Å². The Hall–Kier alpha value is -0.263. The van der Waals surface area contributed by atoms with E-state index in [0.717, 1.165) is 46.6 Å². The number of ether oxygens (including phenoxy) is 3. The molecule has 0 bridgehead atoms. The number of halogens is 3. The Morgan fingerprint density at radius 2 is 2.18 bits per heavy atom. The predicted octanol–water partition coefficient (Wildman–Crippen LogP) is 5.79. The Morgan fingerprint density at radius 1 is 1.39 bits per heavy atom. The number of fused-ring (bicyclic) bond motifs is 1. The summed E-state index contributed by atoms with van der Waals surface area (Å²) in [5, 5.41) is 0.590. The van der Waals surface area contributed by atoms with Crippen molar-refractivity contribution in [2.24, 2.45) is 0 Å². The molecular formula is C19H27ClFIN2O3Si. The Bertz CT molecular complexity index is 822. The summed E-state index contributed by atoms with van der Waals surface area (Å²) < 4.78 is 35.1. The van der Waals surface area contributed by atoms with Crippen LogP contribution in [-0.4, -0.2) is 37.1 Å². The van der Waals surface area contributed by atoms with Gasteiger partial charge in [-0.25, -0.2) is 9.37 Å². The maximum absolute atomic E-state index is 14.8. The van der Waals surface area contributed by atoms with Crippen LogP contribution in [0.2, 0.25) is 30.8 Å². The molecule has 3 heterocycles. The maximum Gasteiger partial charge on any atom is 0.184 e. The fraction of sp³-hybridized carbons (Fsp3) is 0.632. The highest BCUT2D eigenvalue weighted by Gasteiger charge is 2.23. The van der Waals surface area contributed by atoms with Crippen molar-refractivity contribution in [3.63, 3.8) is 0 Å². The third kappa shape index (κ3) is 5.45. The van der Waals surface area contributed by atoms with E-state index in [9.17, 15) is 4.39 Å². The number of nitrogens with zero attached hydrogens (tertiary/aromatic N) is 2. The van der Waals surface area contributed by atoms with E-state index in [2.05, 4.69) is 47.2 Å². The van der Waals surface area contributed by atoms with E-state index in [0.29, 0.717) is 18.7 Å². The van der Waals surface area contributed by atoms with Crippen LogP contribution in [0.15, 0.2) is 6.20 Å². The second kappa shape index (κ2) is 9.70. The van der Waals surface area contributed by atoms with Crippen molar-refractivity contribution >= 4 is 53.2 Å². The van der Waals surface area contributed by atoms with Crippen LogP contribution in [0.25, 0.3) is 10.9 Å². The average molecular weight is 541 g/mol. The van der Waals surface area contributed by atoms with Gasteiger partial charge in [-0.1, -0.05) is 31.2 Å².